The number of unbranched alkanes of at least 4 members (excludes halogenated alkanes) is 13. The fraction of sp³-hybridized carbons (Fsp3) is 0.750. The van der Waals surface area contributed by atoms with Crippen molar-refractivity contribution in [2.45, 2.75) is 104 Å². The zero-order chi connectivity index (χ0) is 20.9. The van der Waals surface area contributed by atoms with Gasteiger partial charge in [-0.1, -0.05) is 89.2 Å². The Morgan fingerprint density at radius 1 is 0.607 bits per heavy atom. The van der Waals surface area contributed by atoms with Crippen molar-refractivity contribution >= 4 is 11.9 Å². The highest BCUT2D eigenvalue weighted by Crippen LogP contribution is 2.13. The van der Waals surface area contributed by atoms with Crippen molar-refractivity contribution in [3.63, 3.8) is 0 Å². The van der Waals surface area contributed by atoms with E-state index in [9.17, 15) is 9.59 Å². The highest BCUT2D eigenvalue weighted by atomic mass is 16.5. The van der Waals surface area contributed by atoms with Gasteiger partial charge in [-0.15, -0.1) is 0 Å². The molecule has 28 heavy (non-hydrogen) atoms. The molecule has 0 aliphatic heterocycles. The highest BCUT2D eigenvalue weighted by Gasteiger charge is 1.98. The van der Waals surface area contributed by atoms with Gasteiger partial charge in [0.25, 0.3) is 0 Å². The Morgan fingerprint density at radius 2 is 0.929 bits per heavy atom. The van der Waals surface area contributed by atoms with E-state index in [1.807, 2.05) is 13.8 Å². The van der Waals surface area contributed by atoms with Gasteiger partial charge in [0.05, 0.1) is 13.2 Å². The van der Waals surface area contributed by atoms with E-state index in [-0.39, 0.29) is 11.9 Å². The summed E-state index contributed by atoms with van der Waals surface area (Å²) in [4.78, 5) is 22.2. The molecule has 0 atom stereocenters. The van der Waals surface area contributed by atoms with Crippen LogP contribution in [0, 0.1) is 0 Å². The number of hydrogen-bond donors (Lipinski definition) is 0. The van der Waals surface area contributed by atoms with E-state index in [0.717, 1.165) is 31.3 Å². The molecular formula is C24H42O4. The molecule has 0 bridgehead atoms. The minimum Gasteiger partial charge on any atom is -0.463 e. The van der Waals surface area contributed by atoms with Gasteiger partial charge < -0.3 is 9.47 Å². The molecule has 0 saturated carbocycles. The van der Waals surface area contributed by atoms with Crippen molar-refractivity contribution in [3.05, 3.63) is 24.3 Å². The van der Waals surface area contributed by atoms with Crippen LogP contribution in [-0.4, -0.2) is 25.2 Å². The Balaban J connectivity index is 3.14. The Kier molecular flexibility index (Phi) is 19.0. The van der Waals surface area contributed by atoms with Crippen LogP contribution in [0.2, 0.25) is 0 Å². The summed E-state index contributed by atoms with van der Waals surface area (Å²) in [5.74, 6) is -0.533. The molecule has 0 heterocycles. The van der Waals surface area contributed by atoms with Crippen LogP contribution in [0.3, 0.4) is 0 Å². The molecule has 4 heteroatoms. The molecule has 0 N–H and O–H groups in total. The number of allylic oxidation sites excluding steroid dienone is 1. The summed E-state index contributed by atoms with van der Waals surface area (Å²) >= 11 is 0. The molecule has 0 unspecified atom stereocenters. The summed E-state index contributed by atoms with van der Waals surface area (Å²) in [6.45, 7) is 8.24. The zero-order valence-electron chi connectivity index (χ0n) is 18.3. The SMILES string of the molecule is C=CC(=O)OCCCCCCCCCCCCCCCCOC(=O)C=C(C)C. The normalized spacial score (nSPS) is 10.4. The zero-order valence-corrected chi connectivity index (χ0v) is 18.3. The van der Waals surface area contributed by atoms with E-state index in [4.69, 9.17) is 9.47 Å². The lowest BCUT2D eigenvalue weighted by molar-refractivity contribution is -0.138. The standard InChI is InChI=1S/C24H42O4/c1-4-23(25)27-19-17-15-13-11-9-7-5-6-8-10-12-14-16-18-20-28-24(26)21-22(2)3/h4,21H,1,5-20H2,2-3H3. The molecule has 0 aliphatic carbocycles. The summed E-state index contributed by atoms with van der Waals surface area (Å²) in [5, 5.41) is 0. The van der Waals surface area contributed by atoms with Gasteiger partial charge in [-0.2, -0.15) is 0 Å². The quantitative estimate of drug-likeness (QED) is 0.139. The van der Waals surface area contributed by atoms with Crippen molar-refractivity contribution in [3.8, 4) is 0 Å². The molecule has 0 aromatic heterocycles. The fourth-order valence-electron chi connectivity index (χ4n) is 3.01. The number of carbonyl (C=O) groups is 2. The van der Waals surface area contributed by atoms with E-state index < -0.39 is 0 Å². The number of esters is 2. The number of carbonyl (C=O) groups excluding carboxylic acids is 2. The van der Waals surface area contributed by atoms with Crippen molar-refractivity contribution in [2.24, 2.45) is 0 Å². The third-order valence-electron chi connectivity index (χ3n) is 4.60. The summed E-state index contributed by atoms with van der Waals surface area (Å²) < 4.78 is 10.1. The summed E-state index contributed by atoms with van der Waals surface area (Å²) in [7, 11) is 0. The van der Waals surface area contributed by atoms with E-state index in [2.05, 4.69) is 6.58 Å². The molecular weight excluding hydrogens is 352 g/mol. The van der Waals surface area contributed by atoms with Crippen LogP contribution in [0.25, 0.3) is 0 Å². The van der Waals surface area contributed by atoms with Crippen molar-refractivity contribution in [1.29, 1.82) is 0 Å². The third kappa shape index (κ3) is 20.7. The minimum atomic E-state index is -0.319. The maximum absolute atomic E-state index is 11.3. The predicted molar refractivity (Wildman–Crippen MR) is 116 cm³/mol. The van der Waals surface area contributed by atoms with Gasteiger partial charge in [0.2, 0.25) is 0 Å². The largest absolute Gasteiger partial charge is 0.463 e. The van der Waals surface area contributed by atoms with E-state index >= 15 is 0 Å². The Bertz CT molecular complexity index is 436. The van der Waals surface area contributed by atoms with Gasteiger partial charge in [-0.3, -0.25) is 0 Å². The molecule has 0 rings (SSSR count). The van der Waals surface area contributed by atoms with Gasteiger partial charge in [-0.05, 0) is 26.7 Å². The second-order valence-electron chi connectivity index (χ2n) is 7.71. The topological polar surface area (TPSA) is 52.6 Å². The van der Waals surface area contributed by atoms with Gasteiger partial charge in [0.15, 0.2) is 0 Å². The molecule has 0 aromatic carbocycles. The smallest absolute Gasteiger partial charge is 0.330 e. The van der Waals surface area contributed by atoms with Crippen molar-refractivity contribution in [1.82, 2.24) is 0 Å². The maximum Gasteiger partial charge on any atom is 0.330 e. The molecule has 0 radical (unpaired) electrons. The van der Waals surface area contributed by atoms with Crippen molar-refractivity contribution in [2.75, 3.05) is 13.2 Å². The second kappa shape index (κ2) is 20.2. The number of ether oxygens (including phenoxy) is 2. The molecule has 0 aliphatic rings. The molecule has 0 amide bonds. The van der Waals surface area contributed by atoms with E-state index in [1.165, 1.54) is 70.3 Å². The molecule has 4 nitrogen and oxygen atoms in total. The average Bonchev–Trinajstić information content (AvgIpc) is 2.66. The molecule has 162 valence electrons. The maximum atomic E-state index is 11.3. The third-order valence-corrected chi connectivity index (χ3v) is 4.60. The number of hydrogen-bond acceptors (Lipinski definition) is 4. The second-order valence-corrected chi connectivity index (χ2v) is 7.71. The lowest BCUT2D eigenvalue weighted by Gasteiger charge is -2.04. The highest BCUT2D eigenvalue weighted by molar-refractivity contribution is 5.82. The lowest BCUT2D eigenvalue weighted by atomic mass is 10.0. The van der Waals surface area contributed by atoms with Crippen molar-refractivity contribution < 1.29 is 19.1 Å². The van der Waals surface area contributed by atoms with Gasteiger partial charge in [0.1, 0.15) is 0 Å². The van der Waals surface area contributed by atoms with Crippen LogP contribution in [0.1, 0.15) is 104 Å². The van der Waals surface area contributed by atoms with Crippen LogP contribution in [0.4, 0.5) is 0 Å². The first-order valence-electron chi connectivity index (χ1n) is 11.2. The Hall–Kier alpha value is -1.58. The predicted octanol–water partition coefficient (Wildman–Crippen LogP) is 6.69. The molecule has 0 fully saturated rings. The number of rotatable bonds is 19. The van der Waals surface area contributed by atoms with Gasteiger partial charge >= 0.3 is 11.9 Å². The van der Waals surface area contributed by atoms with Crippen LogP contribution < -0.4 is 0 Å². The summed E-state index contributed by atoms with van der Waals surface area (Å²) in [6, 6.07) is 0. The minimum absolute atomic E-state index is 0.214. The summed E-state index contributed by atoms with van der Waals surface area (Å²) in [5.41, 5.74) is 0.980. The van der Waals surface area contributed by atoms with Crippen LogP contribution in [0.5, 0.6) is 0 Å². The Labute approximate surface area is 172 Å². The first-order valence-corrected chi connectivity index (χ1v) is 11.2. The van der Waals surface area contributed by atoms with E-state index in [1.54, 1.807) is 6.08 Å². The average molecular weight is 395 g/mol. The Morgan fingerprint density at radius 3 is 1.25 bits per heavy atom. The van der Waals surface area contributed by atoms with Crippen LogP contribution in [0.15, 0.2) is 24.3 Å². The first kappa shape index (κ1) is 26.4. The van der Waals surface area contributed by atoms with E-state index in [0.29, 0.717) is 13.2 Å². The lowest BCUT2D eigenvalue weighted by Crippen LogP contribution is -2.02. The van der Waals surface area contributed by atoms with Gasteiger partial charge in [0, 0.05) is 12.2 Å². The van der Waals surface area contributed by atoms with Gasteiger partial charge in [-0.25, -0.2) is 9.59 Å². The monoisotopic (exact) mass is 394 g/mol. The molecule has 0 aromatic rings. The first-order chi connectivity index (χ1) is 13.6. The molecule has 0 spiro atoms. The van der Waals surface area contributed by atoms with Crippen LogP contribution >= 0.6 is 0 Å². The molecule has 0 saturated heterocycles. The summed E-state index contributed by atoms with van der Waals surface area (Å²) in [6.07, 6.45) is 20.0. The fourth-order valence-corrected chi connectivity index (χ4v) is 3.01. The van der Waals surface area contributed by atoms with Crippen LogP contribution in [-0.2, 0) is 19.1 Å².